The zero-order valence-electron chi connectivity index (χ0n) is 12.7. The summed E-state index contributed by atoms with van der Waals surface area (Å²) in [5.41, 5.74) is 3.17. The second kappa shape index (κ2) is 6.34. The van der Waals surface area contributed by atoms with Gasteiger partial charge in [0.1, 0.15) is 0 Å². The predicted molar refractivity (Wildman–Crippen MR) is 92.9 cm³/mol. The molecule has 3 rings (SSSR count). The quantitative estimate of drug-likeness (QED) is 0.760. The minimum Gasteiger partial charge on any atom is -0.322 e. The van der Waals surface area contributed by atoms with Crippen LogP contribution in [0, 0.1) is 13.8 Å². The molecular weight excluding hydrogens is 356 g/mol. The van der Waals surface area contributed by atoms with E-state index in [1.165, 1.54) is 0 Å². The fraction of sp³-hybridized carbons (Fsp3) is 0.118. The number of benzene rings is 1. The molecule has 5 nitrogen and oxygen atoms in total. The van der Waals surface area contributed by atoms with Crippen LogP contribution >= 0.6 is 15.9 Å². The van der Waals surface area contributed by atoms with Gasteiger partial charge >= 0.3 is 0 Å². The van der Waals surface area contributed by atoms with Gasteiger partial charge in [-0.3, -0.25) is 4.79 Å². The summed E-state index contributed by atoms with van der Waals surface area (Å²) < 4.78 is 2.72. The Hall–Kier alpha value is -2.47. The fourth-order valence-corrected chi connectivity index (χ4v) is 2.51. The number of nitrogens with zero attached hydrogens (tertiary/aromatic N) is 3. The van der Waals surface area contributed by atoms with Gasteiger partial charge in [0, 0.05) is 22.1 Å². The first kappa shape index (κ1) is 15.4. The zero-order valence-corrected chi connectivity index (χ0v) is 14.3. The van der Waals surface area contributed by atoms with Crippen molar-refractivity contribution in [2.24, 2.45) is 0 Å². The highest BCUT2D eigenvalue weighted by atomic mass is 79.9. The average molecular weight is 371 g/mol. The minimum absolute atomic E-state index is 0.195. The molecule has 0 atom stereocenters. The van der Waals surface area contributed by atoms with Crippen molar-refractivity contribution in [2.45, 2.75) is 13.8 Å². The van der Waals surface area contributed by atoms with Crippen LogP contribution in [0.4, 0.5) is 5.69 Å². The Morgan fingerprint density at radius 2 is 1.87 bits per heavy atom. The van der Waals surface area contributed by atoms with Crippen molar-refractivity contribution in [3.63, 3.8) is 0 Å². The lowest BCUT2D eigenvalue weighted by Crippen LogP contribution is -2.12. The van der Waals surface area contributed by atoms with Crippen molar-refractivity contribution in [2.75, 3.05) is 5.32 Å². The fourth-order valence-electron chi connectivity index (χ4n) is 2.24. The van der Waals surface area contributed by atoms with Gasteiger partial charge in [-0.25, -0.2) is 9.67 Å². The number of hydrogen-bond acceptors (Lipinski definition) is 3. The van der Waals surface area contributed by atoms with Crippen LogP contribution in [0.25, 0.3) is 5.82 Å². The van der Waals surface area contributed by atoms with Crippen LogP contribution in [0.5, 0.6) is 0 Å². The number of rotatable bonds is 3. The molecule has 6 heteroatoms. The standard InChI is InChI=1S/C17H15BrN4O/c1-11-9-12(2)22(21-11)16-8-3-13(10-19-16)17(23)20-15-6-4-14(18)5-7-15/h3-10H,1-2H3,(H,20,23). The molecule has 0 aliphatic heterocycles. The number of anilines is 1. The number of amides is 1. The van der Waals surface area contributed by atoms with Gasteiger partial charge in [-0.05, 0) is 56.3 Å². The predicted octanol–water partition coefficient (Wildman–Crippen LogP) is 3.90. The van der Waals surface area contributed by atoms with E-state index in [4.69, 9.17) is 0 Å². The van der Waals surface area contributed by atoms with Crippen molar-refractivity contribution in [3.05, 3.63) is 70.1 Å². The van der Waals surface area contributed by atoms with E-state index in [1.54, 1.807) is 23.0 Å². The monoisotopic (exact) mass is 370 g/mol. The largest absolute Gasteiger partial charge is 0.322 e. The van der Waals surface area contributed by atoms with Gasteiger partial charge in [-0.2, -0.15) is 5.10 Å². The molecule has 0 saturated carbocycles. The molecule has 0 saturated heterocycles. The third-order valence-corrected chi connectivity index (χ3v) is 3.87. The van der Waals surface area contributed by atoms with E-state index in [1.807, 2.05) is 44.2 Å². The maximum atomic E-state index is 12.2. The first-order valence-electron chi connectivity index (χ1n) is 7.09. The molecule has 0 aliphatic rings. The summed E-state index contributed by atoms with van der Waals surface area (Å²) in [7, 11) is 0. The van der Waals surface area contributed by atoms with Gasteiger partial charge in [0.15, 0.2) is 5.82 Å². The molecule has 0 unspecified atom stereocenters. The number of pyridine rings is 1. The number of carbonyl (C=O) groups excluding carboxylic acids is 1. The maximum absolute atomic E-state index is 12.2. The summed E-state index contributed by atoms with van der Waals surface area (Å²) in [6, 6.07) is 12.9. The maximum Gasteiger partial charge on any atom is 0.257 e. The highest BCUT2D eigenvalue weighted by Gasteiger charge is 2.09. The molecule has 2 aromatic heterocycles. The van der Waals surface area contributed by atoms with Crippen molar-refractivity contribution in [1.82, 2.24) is 14.8 Å². The molecule has 0 bridgehead atoms. The smallest absolute Gasteiger partial charge is 0.257 e. The molecule has 23 heavy (non-hydrogen) atoms. The number of aromatic nitrogens is 3. The Kier molecular flexibility index (Phi) is 4.25. The highest BCUT2D eigenvalue weighted by Crippen LogP contribution is 2.15. The molecule has 1 aromatic carbocycles. The topological polar surface area (TPSA) is 59.8 Å². The highest BCUT2D eigenvalue weighted by molar-refractivity contribution is 9.10. The summed E-state index contributed by atoms with van der Waals surface area (Å²) in [5.74, 6) is 0.496. The molecule has 0 aliphatic carbocycles. The second-order valence-electron chi connectivity index (χ2n) is 5.20. The number of hydrogen-bond donors (Lipinski definition) is 1. The molecule has 2 heterocycles. The Balaban J connectivity index is 1.77. The lowest BCUT2D eigenvalue weighted by Gasteiger charge is -2.07. The molecule has 3 aromatic rings. The Morgan fingerprint density at radius 1 is 1.13 bits per heavy atom. The first-order chi connectivity index (χ1) is 11.0. The van der Waals surface area contributed by atoms with Crippen LogP contribution in [0.2, 0.25) is 0 Å². The molecule has 1 N–H and O–H groups in total. The van der Waals surface area contributed by atoms with Crippen molar-refractivity contribution < 1.29 is 4.79 Å². The molecule has 0 spiro atoms. The summed E-state index contributed by atoms with van der Waals surface area (Å²) in [5, 5.41) is 7.22. The van der Waals surface area contributed by atoms with E-state index >= 15 is 0 Å². The minimum atomic E-state index is -0.195. The average Bonchev–Trinajstić information content (AvgIpc) is 2.88. The molecule has 1 amide bonds. The van der Waals surface area contributed by atoms with E-state index in [2.05, 4.69) is 31.3 Å². The summed E-state index contributed by atoms with van der Waals surface area (Å²) >= 11 is 3.36. The number of nitrogens with one attached hydrogen (secondary N) is 1. The van der Waals surface area contributed by atoms with Crippen LogP contribution in [-0.2, 0) is 0 Å². The number of carbonyl (C=O) groups is 1. The lowest BCUT2D eigenvalue weighted by atomic mass is 10.2. The van der Waals surface area contributed by atoms with Crippen LogP contribution in [-0.4, -0.2) is 20.7 Å². The first-order valence-corrected chi connectivity index (χ1v) is 7.89. The summed E-state index contributed by atoms with van der Waals surface area (Å²) in [6.07, 6.45) is 1.56. The number of halogens is 1. The third-order valence-electron chi connectivity index (χ3n) is 3.34. The zero-order chi connectivity index (χ0) is 16.4. The van der Waals surface area contributed by atoms with Gasteiger partial charge < -0.3 is 5.32 Å². The van der Waals surface area contributed by atoms with Crippen molar-refractivity contribution in [3.8, 4) is 5.82 Å². The van der Waals surface area contributed by atoms with Gasteiger partial charge in [-0.15, -0.1) is 0 Å². The van der Waals surface area contributed by atoms with Gasteiger partial charge in [0.25, 0.3) is 5.91 Å². The van der Waals surface area contributed by atoms with Crippen LogP contribution in [0.15, 0.2) is 53.1 Å². The van der Waals surface area contributed by atoms with E-state index in [-0.39, 0.29) is 5.91 Å². The second-order valence-corrected chi connectivity index (χ2v) is 6.12. The van der Waals surface area contributed by atoms with E-state index in [0.717, 1.165) is 21.5 Å². The van der Waals surface area contributed by atoms with Crippen LogP contribution in [0.1, 0.15) is 21.7 Å². The van der Waals surface area contributed by atoms with Gasteiger partial charge in [0.2, 0.25) is 0 Å². The normalized spacial score (nSPS) is 10.6. The molecular formula is C17H15BrN4O. The van der Waals surface area contributed by atoms with E-state index < -0.39 is 0 Å². The Morgan fingerprint density at radius 3 is 2.43 bits per heavy atom. The number of aryl methyl sites for hydroxylation is 2. The van der Waals surface area contributed by atoms with Gasteiger partial charge in [-0.1, -0.05) is 15.9 Å². The van der Waals surface area contributed by atoms with Crippen LogP contribution < -0.4 is 5.32 Å². The molecule has 116 valence electrons. The van der Waals surface area contributed by atoms with Crippen molar-refractivity contribution >= 4 is 27.5 Å². The van der Waals surface area contributed by atoms with Crippen LogP contribution in [0.3, 0.4) is 0 Å². The molecule has 0 fully saturated rings. The summed E-state index contributed by atoms with van der Waals surface area (Å²) in [4.78, 5) is 16.6. The Bertz CT molecular complexity index is 838. The molecule has 0 radical (unpaired) electrons. The van der Waals surface area contributed by atoms with E-state index in [0.29, 0.717) is 11.4 Å². The van der Waals surface area contributed by atoms with E-state index in [9.17, 15) is 4.79 Å². The Labute approximate surface area is 142 Å². The lowest BCUT2D eigenvalue weighted by molar-refractivity contribution is 0.102. The SMILES string of the molecule is Cc1cc(C)n(-c2ccc(C(=O)Nc3ccc(Br)cc3)cn2)n1. The summed E-state index contributed by atoms with van der Waals surface area (Å²) in [6.45, 7) is 3.90. The van der Waals surface area contributed by atoms with Crippen molar-refractivity contribution in [1.29, 1.82) is 0 Å². The van der Waals surface area contributed by atoms with Gasteiger partial charge in [0.05, 0.1) is 11.3 Å². The third kappa shape index (κ3) is 3.48.